The zero-order chi connectivity index (χ0) is 20.2. The number of nitrogen functional groups attached to an aromatic ring is 1. The molecule has 0 unspecified atom stereocenters. The van der Waals surface area contributed by atoms with E-state index >= 15 is 0 Å². The van der Waals surface area contributed by atoms with Crippen LogP contribution in [0.1, 0.15) is 35.2 Å². The molecule has 1 aromatic carbocycles. The van der Waals surface area contributed by atoms with Gasteiger partial charge in [-0.25, -0.2) is 9.78 Å². The summed E-state index contributed by atoms with van der Waals surface area (Å²) in [4.78, 5) is 13.4. The van der Waals surface area contributed by atoms with Gasteiger partial charge in [-0.2, -0.15) is 18.4 Å². The summed E-state index contributed by atoms with van der Waals surface area (Å²) in [5, 5.41) is 16.6. The second kappa shape index (κ2) is 8.08. The number of carbonyl (C=O) groups is 1. The number of nitrogens with zero attached hydrogens (tertiary/aromatic N) is 2. The number of nitrogens with two attached hydrogens (primary N) is 1. The second-order valence-corrected chi connectivity index (χ2v) is 6.11. The van der Waals surface area contributed by atoms with E-state index in [0.717, 1.165) is 42.5 Å². The number of hydrogen-bond acceptors (Lipinski definition) is 4. The Morgan fingerprint density at radius 2 is 1.85 bits per heavy atom. The van der Waals surface area contributed by atoms with E-state index < -0.39 is 12.1 Å². The topological polar surface area (TPSA) is 100 Å². The number of carboxylic acid groups (broad SMARTS) is 1. The molecule has 0 bridgehead atoms. The van der Waals surface area contributed by atoms with E-state index in [1.165, 1.54) is 11.1 Å². The SMILES string of the molecule is Cc1ccccc1-c1c(C#N)c(N)nc2c1CCCC2.O=C(O)C(F)(F)F. The molecule has 1 heterocycles. The first-order valence-corrected chi connectivity index (χ1v) is 8.24. The van der Waals surface area contributed by atoms with Crippen molar-refractivity contribution in [3.05, 3.63) is 46.6 Å². The van der Waals surface area contributed by atoms with Gasteiger partial charge in [-0.05, 0) is 49.3 Å². The molecular formula is C19H18F3N3O2. The highest BCUT2D eigenvalue weighted by molar-refractivity contribution is 5.81. The minimum absolute atomic E-state index is 0.367. The molecule has 1 aliphatic rings. The fraction of sp³-hybridized carbons (Fsp3) is 0.316. The Balaban J connectivity index is 0.000000321. The minimum atomic E-state index is -5.08. The van der Waals surface area contributed by atoms with Crippen LogP contribution in [0.2, 0.25) is 0 Å². The number of alkyl halides is 3. The van der Waals surface area contributed by atoms with Crippen LogP contribution in [0.5, 0.6) is 0 Å². The first-order valence-electron chi connectivity index (χ1n) is 8.24. The van der Waals surface area contributed by atoms with Gasteiger partial charge in [-0.3, -0.25) is 0 Å². The summed E-state index contributed by atoms with van der Waals surface area (Å²) in [5.41, 5.74) is 12.1. The molecule has 8 heteroatoms. The molecule has 0 saturated carbocycles. The summed E-state index contributed by atoms with van der Waals surface area (Å²) in [5.74, 6) is -2.39. The lowest BCUT2D eigenvalue weighted by atomic mass is 9.85. The van der Waals surface area contributed by atoms with Crippen LogP contribution in [0, 0.1) is 18.3 Å². The molecule has 0 atom stereocenters. The number of anilines is 1. The van der Waals surface area contributed by atoms with Crippen LogP contribution < -0.4 is 5.73 Å². The Bertz CT molecular complexity index is 902. The van der Waals surface area contributed by atoms with Crippen molar-refractivity contribution < 1.29 is 23.1 Å². The molecule has 1 aliphatic carbocycles. The average Bonchev–Trinajstić information content (AvgIpc) is 2.61. The van der Waals surface area contributed by atoms with Gasteiger partial charge in [0.25, 0.3) is 0 Å². The van der Waals surface area contributed by atoms with E-state index in [2.05, 4.69) is 30.1 Å². The summed E-state index contributed by atoms with van der Waals surface area (Å²) >= 11 is 0. The quantitative estimate of drug-likeness (QED) is 0.782. The molecule has 0 amide bonds. The predicted octanol–water partition coefficient (Wildman–Crippen LogP) is 4.02. The van der Waals surface area contributed by atoms with Gasteiger partial charge < -0.3 is 10.8 Å². The van der Waals surface area contributed by atoms with Crippen molar-refractivity contribution in [2.24, 2.45) is 0 Å². The summed E-state index contributed by atoms with van der Waals surface area (Å²) < 4.78 is 31.7. The van der Waals surface area contributed by atoms with Crippen LogP contribution >= 0.6 is 0 Å². The fourth-order valence-corrected chi connectivity index (χ4v) is 3.03. The minimum Gasteiger partial charge on any atom is -0.475 e. The lowest BCUT2D eigenvalue weighted by Crippen LogP contribution is -2.21. The van der Waals surface area contributed by atoms with E-state index in [1.807, 2.05) is 12.1 Å². The van der Waals surface area contributed by atoms with E-state index in [-0.39, 0.29) is 0 Å². The first kappa shape index (κ1) is 20.2. The van der Waals surface area contributed by atoms with Crippen molar-refractivity contribution in [2.75, 3.05) is 5.73 Å². The number of halogens is 3. The standard InChI is InChI=1S/C17H17N3.C2HF3O2/c1-11-6-2-3-7-12(11)16-13-8-4-5-9-15(13)20-17(19)14(16)10-18;3-2(4,5)1(6)7/h2-3,6-7H,4-5,8-9H2,1H3,(H2,19,20);(H,6,7). The third-order valence-corrected chi connectivity index (χ3v) is 4.27. The summed E-state index contributed by atoms with van der Waals surface area (Å²) in [6, 6.07) is 10.4. The van der Waals surface area contributed by atoms with Crippen molar-refractivity contribution in [1.82, 2.24) is 4.98 Å². The maximum atomic E-state index is 10.6. The highest BCUT2D eigenvalue weighted by atomic mass is 19.4. The molecule has 0 aliphatic heterocycles. The smallest absolute Gasteiger partial charge is 0.475 e. The number of hydrogen-bond donors (Lipinski definition) is 2. The second-order valence-electron chi connectivity index (χ2n) is 6.11. The summed E-state index contributed by atoms with van der Waals surface area (Å²) in [6.45, 7) is 2.07. The van der Waals surface area contributed by atoms with Crippen molar-refractivity contribution in [1.29, 1.82) is 5.26 Å². The zero-order valence-corrected chi connectivity index (χ0v) is 14.6. The van der Waals surface area contributed by atoms with Crippen LogP contribution in [0.25, 0.3) is 11.1 Å². The van der Waals surface area contributed by atoms with Gasteiger partial charge in [0.2, 0.25) is 0 Å². The van der Waals surface area contributed by atoms with E-state index in [0.29, 0.717) is 11.4 Å². The van der Waals surface area contributed by atoms with Gasteiger partial charge in [0.1, 0.15) is 17.5 Å². The molecule has 5 nitrogen and oxygen atoms in total. The maximum absolute atomic E-state index is 10.6. The van der Waals surface area contributed by atoms with Gasteiger partial charge in [0.15, 0.2) is 0 Å². The third kappa shape index (κ3) is 4.56. The highest BCUT2D eigenvalue weighted by Gasteiger charge is 2.38. The number of carboxylic acids is 1. The van der Waals surface area contributed by atoms with Crippen LogP contribution in [-0.4, -0.2) is 22.2 Å². The van der Waals surface area contributed by atoms with Gasteiger partial charge in [0, 0.05) is 11.3 Å². The largest absolute Gasteiger partial charge is 0.490 e. The summed E-state index contributed by atoms with van der Waals surface area (Å²) in [7, 11) is 0. The summed E-state index contributed by atoms with van der Waals surface area (Å²) in [6.07, 6.45) is -0.827. The Morgan fingerprint density at radius 1 is 1.26 bits per heavy atom. The molecule has 0 fully saturated rings. The molecule has 0 spiro atoms. The average molecular weight is 377 g/mol. The molecular weight excluding hydrogens is 359 g/mol. The Hall–Kier alpha value is -3.08. The number of fused-ring (bicyclic) bond motifs is 1. The number of aryl methyl sites for hydroxylation is 2. The van der Waals surface area contributed by atoms with E-state index in [4.69, 9.17) is 15.6 Å². The number of rotatable bonds is 1. The van der Waals surface area contributed by atoms with Gasteiger partial charge in [-0.1, -0.05) is 24.3 Å². The number of benzene rings is 1. The van der Waals surface area contributed by atoms with Crippen LogP contribution in [-0.2, 0) is 17.6 Å². The number of aromatic nitrogens is 1. The van der Waals surface area contributed by atoms with Gasteiger partial charge >= 0.3 is 12.1 Å². The fourth-order valence-electron chi connectivity index (χ4n) is 3.03. The Kier molecular flexibility index (Phi) is 6.05. The normalized spacial score (nSPS) is 13.0. The van der Waals surface area contributed by atoms with Crippen LogP contribution in [0.3, 0.4) is 0 Å². The molecule has 142 valence electrons. The predicted molar refractivity (Wildman–Crippen MR) is 93.9 cm³/mol. The van der Waals surface area contributed by atoms with Crippen molar-refractivity contribution in [3.63, 3.8) is 0 Å². The maximum Gasteiger partial charge on any atom is 0.490 e. The molecule has 3 N–H and O–H groups in total. The number of nitriles is 1. The van der Waals surface area contributed by atoms with Crippen LogP contribution in [0.15, 0.2) is 24.3 Å². The van der Waals surface area contributed by atoms with Gasteiger partial charge in [-0.15, -0.1) is 0 Å². The first-order chi connectivity index (χ1) is 12.7. The lowest BCUT2D eigenvalue weighted by molar-refractivity contribution is -0.192. The Labute approximate surface area is 154 Å². The molecule has 3 rings (SSSR count). The molecule has 0 saturated heterocycles. The van der Waals surface area contributed by atoms with E-state index in [9.17, 15) is 18.4 Å². The monoisotopic (exact) mass is 377 g/mol. The molecule has 2 aromatic rings. The van der Waals surface area contributed by atoms with Crippen LogP contribution in [0.4, 0.5) is 19.0 Å². The Morgan fingerprint density at radius 3 is 2.41 bits per heavy atom. The highest BCUT2D eigenvalue weighted by Crippen LogP contribution is 2.37. The number of pyridine rings is 1. The molecule has 0 radical (unpaired) electrons. The van der Waals surface area contributed by atoms with Crippen molar-refractivity contribution >= 4 is 11.8 Å². The van der Waals surface area contributed by atoms with Gasteiger partial charge in [0.05, 0.1) is 0 Å². The zero-order valence-electron chi connectivity index (χ0n) is 14.6. The van der Waals surface area contributed by atoms with Crippen molar-refractivity contribution in [2.45, 2.75) is 38.8 Å². The molecule has 1 aromatic heterocycles. The number of aliphatic carboxylic acids is 1. The molecule has 27 heavy (non-hydrogen) atoms. The van der Waals surface area contributed by atoms with E-state index in [1.54, 1.807) is 0 Å². The van der Waals surface area contributed by atoms with Crippen molar-refractivity contribution in [3.8, 4) is 17.2 Å². The lowest BCUT2D eigenvalue weighted by Gasteiger charge is -2.21. The third-order valence-electron chi connectivity index (χ3n) is 4.27.